The lowest BCUT2D eigenvalue weighted by atomic mass is 10.2. The van der Waals surface area contributed by atoms with E-state index in [1.54, 1.807) is 10.1 Å². The molecule has 0 saturated carbocycles. The first kappa shape index (κ1) is 19.6. The topological polar surface area (TPSA) is 78.3 Å². The summed E-state index contributed by atoms with van der Waals surface area (Å²) < 4.78 is 13.2. The van der Waals surface area contributed by atoms with Crippen molar-refractivity contribution in [3.8, 4) is 10.9 Å². The molecule has 29 heavy (non-hydrogen) atoms. The largest absolute Gasteiger partial charge is 0.491 e. The molecule has 1 aromatic carbocycles. The molecule has 0 spiro atoms. The van der Waals surface area contributed by atoms with Gasteiger partial charge >= 0.3 is 0 Å². The van der Waals surface area contributed by atoms with E-state index >= 15 is 0 Å². The maximum Gasteiger partial charge on any atom is 0.271 e. The molecule has 1 amide bonds. The molecule has 3 aromatic rings. The Kier molecular flexibility index (Phi) is 5.92. The average molecular weight is 413 g/mol. The summed E-state index contributed by atoms with van der Waals surface area (Å²) in [5, 5.41) is 9.77. The minimum absolute atomic E-state index is 0.180. The third-order valence-electron chi connectivity index (χ3n) is 4.73. The molecule has 7 nitrogen and oxygen atoms in total. The number of carbonyl (C=O) groups is 1. The normalized spacial score (nSPS) is 16.1. The van der Waals surface area contributed by atoms with Crippen molar-refractivity contribution in [2.75, 3.05) is 13.2 Å². The highest BCUT2D eigenvalue weighted by Gasteiger charge is 2.16. The highest BCUT2D eigenvalue weighted by molar-refractivity contribution is 7.12. The zero-order chi connectivity index (χ0) is 20.2. The second-order valence-electron chi connectivity index (χ2n) is 7.13. The lowest BCUT2D eigenvalue weighted by molar-refractivity contribution is 0.0679. The molecular weight excluding hydrogens is 388 g/mol. The van der Waals surface area contributed by atoms with Crippen LogP contribution >= 0.6 is 11.3 Å². The molecule has 1 saturated heterocycles. The van der Waals surface area contributed by atoms with Gasteiger partial charge in [0.1, 0.15) is 18.1 Å². The quantitative estimate of drug-likeness (QED) is 0.643. The fourth-order valence-corrected chi connectivity index (χ4v) is 4.08. The van der Waals surface area contributed by atoms with Crippen molar-refractivity contribution in [1.29, 1.82) is 0 Å². The summed E-state index contributed by atoms with van der Waals surface area (Å²) >= 11 is 1.40. The summed E-state index contributed by atoms with van der Waals surface area (Å²) in [4.78, 5) is 16.9. The molecule has 2 aromatic heterocycles. The summed E-state index contributed by atoms with van der Waals surface area (Å²) in [6.07, 6.45) is 2.32. The Balaban J connectivity index is 1.33. The fraction of sp³-hybridized carbons (Fsp3) is 0.381. The molecule has 3 heterocycles. The predicted octanol–water partition coefficient (Wildman–Crippen LogP) is 3.43. The Hall–Kier alpha value is -2.71. The Morgan fingerprint density at radius 1 is 1.38 bits per heavy atom. The molecule has 1 aliphatic rings. The maximum absolute atomic E-state index is 12.5. The molecule has 0 unspecified atom stereocenters. The van der Waals surface area contributed by atoms with Gasteiger partial charge in [0, 0.05) is 24.2 Å². The first-order valence-corrected chi connectivity index (χ1v) is 10.6. The first-order valence-electron chi connectivity index (χ1n) is 9.69. The lowest BCUT2D eigenvalue weighted by Crippen LogP contribution is -2.23. The van der Waals surface area contributed by atoms with Gasteiger partial charge in [0.15, 0.2) is 0 Å². The van der Waals surface area contributed by atoms with Gasteiger partial charge in [0.25, 0.3) is 5.91 Å². The number of thiazole rings is 1. The molecule has 8 heteroatoms. The van der Waals surface area contributed by atoms with Crippen LogP contribution in [-0.4, -0.2) is 40.0 Å². The van der Waals surface area contributed by atoms with E-state index in [4.69, 9.17) is 9.47 Å². The monoisotopic (exact) mass is 412 g/mol. The van der Waals surface area contributed by atoms with Crippen LogP contribution in [0, 0.1) is 13.8 Å². The second-order valence-corrected chi connectivity index (χ2v) is 7.97. The van der Waals surface area contributed by atoms with Gasteiger partial charge in [-0.15, -0.1) is 11.3 Å². The molecular formula is C21H24N4O3S. The molecule has 4 rings (SSSR count). The van der Waals surface area contributed by atoms with Crippen LogP contribution in [0.15, 0.2) is 35.7 Å². The Bertz CT molecular complexity index is 991. The Morgan fingerprint density at radius 2 is 2.28 bits per heavy atom. The van der Waals surface area contributed by atoms with Crippen molar-refractivity contribution in [3.05, 3.63) is 58.4 Å². The van der Waals surface area contributed by atoms with E-state index in [9.17, 15) is 4.79 Å². The van der Waals surface area contributed by atoms with Crippen molar-refractivity contribution < 1.29 is 14.3 Å². The van der Waals surface area contributed by atoms with E-state index in [1.165, 1.54) is 11.3 Å². The molecule has 152 valence electrons. The van der Waals surface area contributed by atoms with Gasteiger partial charge in [-0.2, -0.15) is 5.10 Å². The van der Waals surface area contributed by atoms with Crippen LogP contribution in [0.2, 0.25) is 0 Å². The molecule has 1 atom stereocenters. The Morgan fingerprint density at radius 3 is 3.03 bits per heavy atom. The molecule has 0 radical (unpaired) electrons. The SMILES string of the molecule is Cc1cc(C)n(-c2nc(C(=O)NCc3cccc(OC[C@H]4CCCO4)c3)cs2)n1. The van der Waals surface area contributed by atoms with E-state index in [-0.39, 0.29) is 12.0 Å². The second kappa shape index (κ2) is 8.75. The fourth-order valence-electron chi connectivity index (χ4n) is 3.27. The number of amides is 1. The van der Waals surface area contributed by atoms with E-state index in [2.05, 4.69) is 15.4 Å². The highest BCUT2D eigenvalue weighted by atomic mass is 32.1. The smallest absolute Gasteiger partial charge is 0.271 e. The molecule has 1 fully saturated rings. The minimum atomic E-state index is -0.209. The van der Waals surface area contributed by atoms with Crippen molar-refractivity contribution in [3.63, 3.8) is 0 Å². The van der Waals surface area contributed by atoms with Crippen LogP contribution in [0.4, 0.5) is 0 Å². The van der Waals surface area contributed by atoms with Crippen LogP contribution in [0.5, 0.6) is 5.75 Å². The number of nitrogens with one attached hydrogen (secondary N) is 1. The molecule has 0 bridgehead atoms. The van der Waals surface area contributed by atoms with Crippen molar-refractivity contribution in [1.82, 2.24) is 20.1 Å². The van der Waals surface area contributed by atoms with Crippen LogP contribution in [0.1, 0.15) is 40.3 Å². The van der Waals surface area contributed by atoms with Crippen LogP contribution in [0.3, 0.4) is 0 Å². The summed E-state index contributed by atoms with van der Waals surface area (Å²) in [5.74, 6) is 0.576. The van der Waals surface area contributed by atoms with E-state index in [0.717, 1.165) is 42.1 Å². The molecule has 0 aliphatic carbocycles. The number of carbonyl (C=O) groups excluding carboxylic acids is 1. The van der Waals surface area contributed by atoms with Crippen molar-refractivity contribution in [2.45, 2.75) is 39.3 Å². The van der Waals surface area contributed by atoms with Gasteiger partial charge in [0.2, 0.25) is 5.13 Å². The van der Waals surface area contributed by atoms with Crippen molar-refractivity contribution >= 4 is 17.2 Å². The minimum Gasteiger partial charge on any atom is -0.491 e. The number of nitrogens with zero attached hydrogens (tertiary/aromatic N) is 3. The third-order valence-corrected chi connectivity index (χ3v) is 5.54. The molecule has 1 N–H and O–H groups in total. The maximum atomic E-state index is 12.5. The number of aryl methyl sites for hydroxylation is 2. The summed E-state index contributed by atoms with van der Waals surface area (Å²) in [5.41, 5.74) is 3.27. The Labute approximate surface area is 173 Å². The van der Waals surface area contributed by atoms with Gasteiger partial charge < -0.3 is 14.8 Å². The highest BCUT2D eigenvalue weighted by Crippen LogP contribution is 2.19. The zero-order valence-electron chi connectivity index (χ0n) is 16.6. The molecule has 1 aliphatic heterocycles. The van der Waals surface area contributed by atoms with Gasteiger partial charge in [-0.05, 0) is 50.5 Å². The number of hydrogen-bond acceptors (Lipinski definition) is 6. The first-order chi connectivity index (χ1) is 14.1. The number of aromatic nitrogens is 3. The summed E-state index contributed by atoms with van der Waals surface area (Å²) in [6.45, 7) is 5.68. The van der Waals surface area contributed by atoms with E-state index in [0.29, 0.717) is 24.0 Å². The predicted molar refractivity (Wildman–Crippen MR) is 111 cm³/mol. The standard InChI is InChI=1S/C21H24N4O3S/c1-14-9-15(2)25(24-14)21-23-19(13-29-21)20(26)22-11-16-5-3-6-17(10-16)28-12-18-7-4-8-27-18/h3,5-6,9-10,13,18H,4,7-8,11-12H2,1-2H3,(H,22,26)/t18-/m1/s1. The lowest BCUT2D eigenvalue weighted by Gasteiger charge is -2.12. The zero-order valence-corrected chi connectivity index (χ0v) is 17.4. The van der Waals surface area contributed by atoms with Crippen molar-refractivity contribution in [2.24, 2.45) is 0 Å². The summed E-state index contributed by atoms with van der Waals surface area (Å²) in [7, 11) is 0. The third kappa shape index (κ3) is 4.83. The number of benzene rings is 1. The average Bonchev–Trinajstić information content (AvgIpc) is 3.46. The van der Waals surface area contributed by atoms with E-state index < -0.39 is 0 Å². The van der Waals surface area contributed by atoms with Gasteiger partial charge in [0.05, 0.1) is 11.8 Å². The van der Waals surface area contributed by atoms with Crippen LogP contribution < -0.4 is 10.1 Å². The number of rotatable bonds is 7. The van der Waals surface area contributed by atoms with Gasteiger partial charge in [-0.1, -0.05) is 12.1 Å². The summed E-state index contributed by atoms with van der Waals surface area (Å²) in [6, 6.07) is 9.73. The number of hydrogen-bond donors (Lipinski definition) is 1. The van der Waals surface area contributed by atoms with Crippen LogP contribution in [0.25, 0.3) is 5.13 Å². The van der Waals surface area contributed by atoms with E-state index in [1.807, 2.05) is 44.2 Å². The van der Waals surface area contributed by atoms with Gasteiger partial charge in [-0.3, -0.25) is 4.79 Å². The number of ether oxygens (including phenoxy) is 2. The van der Waals surface area contributed by atoms with Gasteiger partial charge in [-0.25, -0.2) is 9.67 Å². The van der Waals surface area contributed by atoms with Crippen LogP contribution in [-0.2, 0) is 11.3 Å².